The predicted molar refractivity (Wildman–Crippen MR) is 51.2 cm³/mol. The summed E-state index contributed by atoms with van der Waals surface area (Å²) in [6, 6.07) is 0. The third kappa shape index (κ3) is 2.21. The molecule has 2 N–H and O–H groups in total. The van der Waals surface area contributed by atoms with Gasteiger partial charge in [-0.3, -0.25) is 4.79 Å². The van der Waals surface area contributed by atoms with Crippen molar-refractivity contribution in [3.05, 3.63) is 0 Å². The average molecular weight is 185 g/mol. The Bertz CT molecular complexity index is 193. The molecular weight excluding hydrogens is 166 g/mol. The smallest absolute Gasteiger partial charge is 0.303 e. The first kappa shape index (κ1) is 10.5. The molecule has 76 valence electrons. The van der Waals surface area contributed by atoms with Gasteiger partial charge >= 0.3 is 5.97 Å². The van der Waals surface area contributed by atoms with Crippen molar-refractivity contribution < 1.29 is 9.53 Å². The maximum atomic E-state index is 10.9. The van der Waals surface area contributed by atoms with E-state index in [2.05, 4.69) is 6.92 Å². The summed E-state index contributed by atoms with van der Waals surface area (Å²) in [4.78, 5) is 10.9. The first-order valence-corrected chi connectivity index (χ1v) is 5.00. The van der Waals surface area contributed by atoms with E-state index in [0.717, 1.165) is 19.3 Å². The van der Waals surface area contributed by atoms with Gasteiger partial charge in [-0.1, -0.05) is 13.3 Å². The van der Waals surface area contributed by atoms with Gasteiger partial charge in [-0.05, 0) is 25.2 Å². The molecule has 0 amide bonds. The highest BCUT2D eigenvalue weighted by atomic mass is 16.6. The zero-order valence-electron chi connectivity index (χ0n) is 8.51. The molecule has 0 aromatic carbocycles. The second-order valence-corrected chi connectivity index (χ2v) is 4.01. The van der Waals surface area contributed by atoms with E-state index in [1.807, 2.05) is 0 Å². The molecule has 1 rings (SSSR count). The van der Waals surface area contributed by atoms with Gasteiger partial charge in [-0.15, -0.1) is 0 Å². The van der Waals surface area contributed by atoms with Crippen molar-refractivity contribution in [3.8, 4) is 0 Å². The lowest BCUT2D eigenvalue weighted by Crippen LogP contribution is -2.49. The van der Waals surface area contributed by atoms with Crippen LogP contribution in [0.2, 0.25) is 0 Å². The highest BCUT2D eigenvalue weighted by molar-refractivity contribution is 5.66. The Morgan fingerprint density at radius 3 is 2.77 bits per heavy atom. The van der Waals surface area contributed by atoms with Crippen LogP contribution in [0.3, 0.4) is 0 Å². The minimum absolute atomic E-state index is 0.209. The molecule has 13 heavy (non-hydrogen) atoms. The molecule has 3 nitrogen and oxygen atoms in total. The summed E-state index contributed by atoms with van der Waals surface area (Å²) in [6.45, 7) is 4.03. The largest absolute Gasteiger partial charge is 0.458 e. The van der Waals surface area contributed by atoms with Gasteiger partial charge in [-0.2, -0.15) is 0 Å². The van der Waals surface area contributed by atoms with Crippen molar-refractivity contribution in [2.45, 2.75) is 45.1 Å². The van der Waals surface area contributed by atoms with Crippen molar-refractivity contribution >= 4 is 5.97 Å². The average Bonchev–Trinajstić information content (AvgIpc) is 2.08. The van der Waals surface area contributed by atoms with Gasteiger partial charge in [0.2, 0.25) is 0 Å². The number of esters is 1. The minimum Gasteiger partial charge on any atom is -0.458 e. The molecule has 0 aliphatic heterocycles. The summed E-state index contributed by atoms with van der Waals surface area (Å²) in [5.74, 6) is 0.189. The van der Waals surface area contributed by atoms with Gasteiger partial charge in [0.1, 0.15) is 5.60 Å². The second kappa shape index (κ2) is 4.09. The van der Waals surface area contributed by atoms with E-state index in [9.17, 15) is 4.79 Å². The van der Waals surface area contributed by atoms with Crippen LogP contribution in [0.15, 0.2) is 0 Å². The van der Waals surface area contributed by atoms with Crippen molar-refractivity contribution in [2.75, 3.05) is 6.54 Å². The third-order valence-electron chi connectivity index (χ3n) is 3.08. The SMILES string of the molecule is CC(=O)OC1(CN)CCCCC1C. The fourth-order valence-electron chi connectivity index (χ4n) is 2.17. The number of hydrogen-bond acceptors (Lipinski definition) is 3. The van der Waals surface area contributed by atoms with Gasteiger partial charge < -0.3 is 10.5 Å². The van der Waals surface area contributed by atoms with Crippen LogP contribution in [-0.4, -0.2) is 18.1 Å². The molecule has 0 aromatic rings. The summed E-state index contributed by atoms with van der Waals surface area (Å²) in [5.41, 5.74) is 5.33. The third-order valence-corrected chi connectivity index (χ3v) is 3.08. The van der Waals surface area contributed by atoms with Crippen LogP contribution in [0, 0.1) is 5.92 Å². The lowest BCUT2D eigenvalue weighted by Gasteiger charge is -2.40. The molecule has 0 spiro atoms. The summed E-state index contributed by atoms with van der Waals surface area (Å²) < 4.78 is 5.38. The van der Waals surface area contributed by atoms with Crippen molar-refractivity contribution in [3.63, 3.8) is 0 Å². The van der Waals surface area contributed by atoms with Crippen LogP contribution in [0.4, 0.5) is 0 Å². The molecule has 0 saturated heterocycles. The van der Waals surface area contributed by atoms with E-state index in [4.69, 9.17) is 10.5 Å². The molecule has 0 radical (unpaired) electrons. The molecule has 2 unspecified atom stereocenters. The Kier molecular flexibility index (Phi) is 3.31. The second-order valence-electron chi connectivity index (χ2n) is 4.01. The van der Waals surface area contributed by atoms with E-state index >= 15 is 0 Å². The molecule has 3 heteroatoms. The number of ether oxygens (including phenoxy) is 1. The van der Waals surface area contributed by atoms with E-state index < -0.39 is 0 Å². The molecule has 2 atom stereocenters. The number of nitrogens with two attached hydrogens (primary N) is 1. The van der Waals surface area contributed by atoms with E-state index in [1.54, 1.807) is 0 Å². The van der Waals surface area contributed by atoms with Crippen molar-refractivity contribution in [2.24, 2.45) is 11.7 Å². The lowest BCUT2D eigenvalue weighted by atomic mass is 9.76. The monoisotopic (exact) mass is 185 g/mol. The van der Waals surface area contributed by atoms with Gasteiger partial charge in [-0.25, -0.2) is 0 Å². The van der Waals surface area contributed by atoms with Crippen LogP contribution in [0.1, 0.15) is 39.5 Å². The fraction of sp³-hybridized carbons (Fsp3) is 0.900. The number of carbonyl (C=O) groups is 1. The molecule has 1 saturated carbocycles. The standard InChI is InChI=1S/C10H19NO2/c1-8-5-3-4-6-10(8,7-11)13-9(2)12/h8H,3-7,11H2,1-2H3. The zero-order valence-corrected chi connectivity index (χ0v) is 8.51. The molecule has 1 aliphatic rings. The normalized spacial score (nSPS) is 34.2. The topological polar surface area (TPSA) is 52.3 Å². The van der Waals surface area contributed by atoms with Crippen LogP contribution in [0.5, 0.6) is 0 Å². The Balaban J connectivity index is 2.69. The van der Waals surface area contributed by atoms with Crippen LogP contribution < -0.4 is 5.73 Å². The highest BCUT2D eigenvalue weighted by Gasteiger charge is 2.39. The number of hydrogen-bond donors (Lipinski definition) is 1. The highest BCUT2D eigenvalue weighted by Crippen LogP contribution is 2.35. The van der Waals surface area contributed by atoms with Crippen molar-refractivity contribution in [1.29, 1.82) is 0 Å². The minimum atomic E-state index is -0.371. The Morgan fingerprint density at radius 1 is 1.62 bits per heavy atom. The molecule has 1 aliphatic carbocycles. The van der Waals surface area contributed by atoms with Crippen molar-refractivity contribution in [1.82, 2.24) is 0 Å². The molecule has 1 fully saturated rings. The predicted octanol–water partition coefficient (Wildman–Crippen LogP) is 1.46. The zero-order chi connectivity index (χ0) is 9.90. The van der Waals surface area contributed by atoms with Gasteiger partial charge in [0.05, 0.1) is 0 Å². The summed E-state index contributed by atoms with van der Waals surface area (Å²) in [6.07, 6.45) is 4.38. The summed E-state index contributed by atoms with van der Waals surface area (Å²) in [5, 5.41) is 0. The first-order valence-electron chi connectivity index (χ1n) is 5.00. The maximum Gasteiger partial charge on any atom is 0.303 e. The quantitative estimate of drug-likeness (QED) is 0.662. The number of rotatable bonds is 2. The summed E-state index contributed by atoms with van der Waals surface area (Å²) >= 11 is 0. The molecular formula is C10H19NO2. The Hall–Kier alpha value is -0.570. The first-order chi connectivity index (χ1) is 6.10. The molecule has 0 heterocycles. The lowest BCUT2D eigenvalue weighted by molar-refractivity contribution is -0.165. The number of carbonyl (C=O) groups excluding carboxylic acids is 1. The van der Waals surface area contributed by atoms with E-state index in [0.29, 0.717) is 12.5 Å². The van der Waals surface area contributed by atoms with Gasteiger partial charge in [0.15, 0.2) is 0 Å². The van der Waals surface area contributed by atoms with Crippen LogP contribution in [-0.2, 0) is 9.53 Å². The van der Waals surface area contributed by atoms with E-state index in [1.165, 1.54) is 13.3 Å². The molecule has 0 aromatic heterocycles. The van der Waals surface area contributed by atoms with E-state index in [-0.39, 0.29) is 11.6 Å². The Labute approximate surface area is 79.6 Å². The van der Waals surface area contributed by atoms with Crippen LogP contribution >= 0.6 is 0 Å². The molecule has 0 bridgehead atoms. The van der Waals surface area contributed by atoms with Gasteiger partial charge in [0.25, 0.3) is 0 Å². The summed E-state index contributed by atoms with van der Waals surface area (Å²) in [7, 11) is 0. The maximum absolute atomic E-state index is 10.9. The fourth-order valence-corrected chi connectivity index (χ4v) is 2.17. The van der Waals surface area contributed by atoms with Gasteiger partial charge in [0, 0.05) is 13.5 Å². The van der Waals surface area contributed by atoms with Crippen LogP contribution in [0.25, 0.3) is 0 Å². The Morgan fingerprint density at radius 2 is 2.31 bits per heavy atom.